The summed E-state index contributed by atoms with van der Waals surface area (Å²) in [6.07, 6.45) is 7.63. The first-order valence-corrected chi connectivity index (χ1v) is 7.29. The molecule has 3 rings (SSSR count). The van der Waals surface area contributed by atoms with E-state index in [-0.39, 0.29) is 17.7 Å². The number of rotatable bonds is 4. The highest BCUT2D eigenvalue weighted by Crippen LogP contribution is 2.17. The van der Waals surface area contributed by atoms with Gasteiger partial charge in [0, 0.05) is 18.9 Å². The minimum absolute atomic E-state index is 0.00718. The number of nitrogens with zero attached hydrogens (tertiary/aromatic N) is 4. The minimum Gasteiger partial charge on any atom is -0.438 e. The van der Waals surface area contributed by atoms with E-state index in [0.717, 1.165) is 24.2 Å². The molecule has 0 bridgehead atoms. The van der Waals surface area contributed by atoms with Crippen LogP contribution in [-0.2, 0) is 11.2 Å². The zero-order chi connectivity index (χ0) is 15.4. The Labute approximate surface area is 128 Å². The molecule has 1 atom stereocenters. The predicted molar refractivity (Wildman–Crippen MR) is 77.2 cm³/mol. The average molecular weight is 302 g/mol. The SMILES string of the molecule is Cc1nccnc1CC[C@H]1COCCN1C(=O)c1cnco1. The van der Waals surface area contributed by atoms with Crippen molar-refractivity contribution < 1.29 is 13.9 Å². The lowest BCUT2D eigenvalue weighted by Crippen LogP contribution is -2.48. The summed E-state index contributed by atoms with van der Waals surface area (Å²) in [4.78, 5) is 26.7. The molecule has 1 aliphatic heterocycles. The van der Waals surface area contributed by atoms with Crippen LogP contribution in [0.4, 0.5) is 0 Å². The van der Waals surface area contributed by atoms with Crippen molar-refractivity contribution in [2.45, 2.75) is 25.8 Å². The van der Waals surface area contributed by atoms with Gasteiger partial charge in [-0.05, 0) is 19.8 Å². The number of hydrogen-bond acceptors (Lipinski definition) is 6. The first-order valence-electron chi connectivity index (χ1n) is 7.29. The van der Waals surface area contributed by atoms with E-state index in [0.29, 0.717) is 19.8 Å². The fraction of sp³-hybridized carbons (Fsp3) is 0.467. The van der Waals surface area contributed by atoms with Crippen LogP contribution < -0.4 is 0 Å². The highest BCUT2D eigenvalue weighted by molar-refractivity contribution is 5.91. The number of morpholine rings is 1. The van der Waals surface area contributed by atoms with Crippen LogP contribution >= 0.6 is 0 Å². The zero-order valence-corrected chi connectivity index (χ0v) is 12.4. The van der Waals surface area contributed by atoms with Gasteiger partial charge in [0.05, 0.1) is 36.8 Å². The predicted octanol–water partition coefficient (Wildman–Crippen LogP) is 1.25. The summed E-state index contributed by atoms with van der Waals surface area (Å²) < 4.78 is 10.6. The van der Waals surface area contributed by atoms with Crippen molar-refractivity contribution in [1.29, 1.82) is 0 Å². The van der Waals surface area contributed by atoms with Crippen molar-refractivity contribution in [3.63, 3.8) is 0 Å². The standard InChI is InChI=1S/C15H18N4O3/c1-11-13(18-5-4-17-11)3-2-12-9-21-7-6-19(12)15(20)14-8-16-10-22-14/h4-5,8,10,12H,2-3,6-7,9H2,1H3/t12-/m0/s1. The van der Waals surface area contributed by atoms with Gasteiger partial charge in [0.2, 0.25) is 5.76 Å². The lowest BCUT2D eigenvalue weighted by atomic mass is 10.1. The number of aryl methyl sites for hydroxylation is 2. The summed E-state index contributed by atoms with van der Waals surface area (Å²) in [5.41, 5.74) is 1.88. The molecule has 2 aromatic heterocycles. The largest absolute Gasteiger partial charge is 0.438 e. The molecule has 1 saturated heterocycles. The van der Waals surface area contributed by atoms with Crippen LogP contribution in [-0.4, -0.2) is 51.6 Å². The number of ether oxygens (including phenoxy) is 1. The Balaban J connectivity index is 1.68. The van der Waals surface area contributed by atoms with E-state index in [9.17, 15) is 4.79 Å². The third-order valence-electron chi connectivity index (χ3n) is 3.83. The zero-order valence-electron chi connectivity index (χ0n) is 12.4. The van der Waals surface area contributed by atoms with Gasteiger partial charge in [0.1, 0.15) is 0 Å². The molecule has 22 heavy (non-hydrogen) atoms. The summed E-state index contributed by atoms with van der Waals surface area (Å²) in [6, 6.07) is 0.00718. The molecule has 0 spiro atoms. The molecule has 0 radical (unpaired) electrons. The maximum absolute atomic E-state index is 12.5. The number of amides is 1. The molecule has 3 heterocycles. The number of oxazole rings is 1. The van der Waals surface area contributed by atoms with Crippen LogP contribution in [0.15, 0.2) is 29.4 Å². The van der Waals surface area contributed by atoms with E-state index >= 15 is 0 Å². The van der Waals surface area contributed by atoms with Crippen molar-refractivity contribution >= 4 is 5.91 Å². The second-order valence-electron chi connectivity index (χ2n) is 5.22. The van der Waals surface area contributed by atoms with Crippen LogP contribution in [0.3, 0.4) is 0 Å². The number of hydrogen-bond donors (Lipinski definition) is 0. The van der Waals surface area contributed by atoms with Gasteiger partial charge in [-0.2, -0.15) is 0 Å². The Morgan fingerprint density at radius 3 is 3.05 bits per heavy atom. The Hall–Kier alpha value is -2.28. The molecule has 2 aromatic rings. The first-order chi connectivity index (χ1) is 10.8. The molecule has 0 unspecified atom stereocenters. The topological polar surface area (TPSA) is 81.4 Å². The van der Waals surface area contributed by atoms with Gasteiger partial charge in [-0.25, -0.2) is 4.98 Å². The Morgan fingerprint density at radius 2 is 2.27 bits per heavy atom. The summed E-state index contributed by atoms with van der Waals surface area (Å²) in [5.74, 6) is 0.129. The first kappa shape index (κ1) is 14.6. The summed E-state index contributed by atoms with van der Waals surface area (Å²) in [7, 11) is 0. The summed E-state index contributed by atoms with van der Waals surface area (Å²) in [6.45, 7) is 3.57. The normalized spacial score (nSPS) is 18.4. The highest BCUT2D eigenvalue weighted by Gasteiger charge is 2.29. The number of aromatic nitrogens is 3. The lowest BCUT2D eigenvalue weighted by Gasteiger charge is -2.35. The maximum Gasteiger partial charge on any atom is 0.291 e. The third kappa shape index (κ3) is 3.14. The summed E-state index contributed by atoms with van der Waals surface area (Å²) in [5, 5.41) is 0. The monoisotopic (exact) mass is 302 g/mol. The quantitative estimate of drug-likeness (QED) is 0.845. The molecule has 0 aliphatic carbocycles. The Morgan fingerprint density at radius 1 is 1.41 bits per heavy atom. The van der Waals surface area contributed by atoms with E-state index in [2.05, 4.69) is 15.0 Å². The fourth-order valence-electron chi connectivity index (χ4n) is 2.61. The highest BCUT2D eigenvalue weighted by atomic mass is 16.5. The molecule has 0 aromatic carbocycles. The Bertz CT molecular complexity index is 629. The van der Waals surface area contributed by atoms with Gasteiger partial charge < -0.3 is 14.1 Å². The molecule has 1 fully saturated rings. The number of carbonyl (C=O) groups excluding carboxylic acids is 1. The average Bonchev–Trinajstić information content (AvgIpc) is 3.08. The lowest BCUT2D eigenvalue weighted by molar-refractivity contribution is -0.00566. The van der Waals surface area contributed by atoms with Gasteiger partial charge in [-0.3, -0.25) is 14.8 Å². The molecule has 0 N–H and O–H groups in total. The van der Waals surface area contributed by atoms with Crippen LogP contribution in [0.1, 0.15) is 28.4 Å². The smallest absolute Gasteiger partial charge is 0.291 e. The minimum atomic E-state index is -0.137. The van der Waals surface area contributed by atoms with E-state index in [1.54, 1.807) is 17.3 Å². The van der Waals surface area contributed by atoms with E-state index in [4.69, 9.17) is 9.15 Å². The Kier molecular flexibility index (Phi) is 4.43. The van der Waals surface area contributed by atoms with Crippen LogP contribution in [0, 0.1) is 6.92 Å². The van der Waals surface area contributed by atoms with Crippen molar-refractivity contribution in [3.8, 4) is 0 Å². The second-order valence-corrected chi connectivity index (χ2v) is 5.22. The van der Waals surface area contributed by atoms with Crippen molar-refractivity contribution in [3.05, 3.63) is 42.1 Å². The summed E-state index contributed by atoms with van der Waals surface area (Å²) >= 11 is 0. The molecule has 7 heteroatoms. The molecule has 116 valence electrons. The molecule has 0 saturated carbocycles. The molecular weight excluding hydrogens is 284 g/mol. The van der Waals surface area contributed by atoms with Gasteiger partial charge in [-0.1, -0.05) is 0 Å². The second kappa shape index (κ2) is 6.65. The van der Waals surface area contributed by atoms with Crippen molar-refractivity contribution in [1.82, 2.24) is 19.9 Å². The van der Waals surface area contributed by atoms with Crippen LogP contribution in [0.2, 0.25) is 0 Å². The molecule has 1 amide bonds. The third-order valence-corrected chi connectivity index (χ3v) is 3.83. The maximum atomic E-state index is 12.5. The van der Waals surface area contributed by atoms with Crippen LogP contribution in [0.25, 0.3) is 0 Å². The van der Waals surface area contributed by atoms with E-state index < -0.39 is 0 Å². The van der Waals surface area contributed by atoms with Crippen molar-refractivity contribution in [2.24, 2.45) is 0 Å². The molecule has 1 aliphatic rings. The number of carbonyl (C=O) groups is 1. The van der Waals surface area contributed by atoms with Gasteiger partial charge in [-0.15, -0.1) is 0 Å². The van der Waals surface area contributed by atoms with Gasteiger partial charge in [0.15, 0.2) is 6.39 Å². The van der Waals surface area contributed by atoms with E-state index in [1.165, 1.54) is 12.6 Å². The molecular formula is C15H18N4O3. The van der Waals surface area contributed by atoms with Crippen molar-refractivity contribution in [2.75, 3.05) is 19.8 Å². The fourth-order valence-corrected chi connectivity index (χ4v) is 2.61. The molecule has 7 nitrogen and oxygen atoms in total. The van der Waals surface area contributed by atoms with Gasteiger partial charge in [0.25, 0.3) is 5.91 Å². The van der Waals surface area contributed by atoms with E-state index in [1.807, 2.05) is 6.92 Å². The van der Waals surface area contributed by atoms with Gasteiger partial charge >= 0.3 is 0 Å². The van der Waals surface area contributed by atoms with Crippen LogP contribution in [0.5, 0.6) is 0 Å².